The van der Waals surface area contributed by atoms with Crippen LogP contribution in [0.4, 0.5) is 0 Å². The van der Waals surface area contributed by atoms with E-state index >= 15 is 0 Å². The number of rotatable bonds is 10. The van der Waals surface area contributed by atoms with Gasteiger partial charge in [0, 0.05) is 44.8 Å². The fourth-order valence-corrected chi connectivity index (χ4v) is 6.60. The lowest BCUT2D eigenvalue weighted by Gasteiger charge is -2.53. The number of carbonyl (C=O) groups excluding carboxylic acids is 2. The number of imidazole rings is 1. The van der Waals surface area contributed by atoms with Crippen LogP contribution in [0.3, 0.4) is 0 Å². The molecule has 43 heavy (non-hydrogen) atoms. The highest BCUT2D eigenvalue weighted by Crippen LogP contribution is 2.49. The second kappa shape index (κ2) is 12.2. The number of aromatic nitrogens is 3. The summed E-state index contributed by atoms with van der Waals surface area (Å²) < 4.78 is 19.4. The van der Waals surface area contributed by atoms with Gasteiger partial charge in [-0.15, -0.1) is 0 Å². The van der Waals surface area contributed by atoms with E-state index in [4.69, 9.17) is 19.2 Å². The maximum Gasteiger partial charge on any atom is 0.314 e. The van der Waals surface area contributed by atoms with Gasteiger partial charge in [-0.1, -0.05) is 18.2 Å². The molecule has 0 atom stereocenters. The summed E-state index contributed by atoms with van der Waals surface area (Å²) in [5.41, 5.74) is 2.23. The Morgan fingerprint density at radius 1 is 1.02 bits per heavy atom. The maximum atomic E-state index is 13.5. The van der Waals surface area contributed by atoms with Crippen molar-refractivity contribution in [1.82, 2.24) is 29.2 Å². The van der Waals surface area contributed by atoms with Crippen LogP contribution in [0.2, 0.25) is 0 Å². The number of hydrogen-bond acceptors (Lipinski definition) is 9. The molecular formula is C32H42N6O5. The molecule has 1 aliphatic carbocycles. The highest BCUT2D eigenvalue weighted by Gasteiger charge is 2.54. The molecule has 3 aliphatic heterocycles. The van der Waals surface area contributed by atoms with Crippen molar-refractivity contribution in [2.45, 2.75) is 37.8 Å². The minimum absolute atomic E-state index is 0.0608. The molecule has 3 saturated heterocycles. The van der Waals surface area contributed by atoms with E-state index in [2.05, 4.69) is 14.8 Å². The first kappa shape index (κ1) is 29.5. The van der Waals surface area contributed by atoms with Gasteiger partial charge >= 0.3 is 5.97 Å². The molecule has 0 unspecified atom stereocenters. The summed E-state index contributed by atoms with van der Waals surface area (Å²) in [5, 5.41) is 0. The average molecular weight is 591 g/mol. The Hall–Kier alpha value is -3.54. The van der Waals surface area contributed by atoms with E-state index in [9.17, 15) is 9.59 Å². The van der Waals surface area contributed by atoms with E-state index in [0.717, 1.165) is 68.7 Å². The maximum absolute atomic E-state index is 13.5. The molecular weight excluding hydrogens is 548 g/mol. The van der Waals surface area contributed by atoms with Crippen LogP contribution in [0.1, 0.15) is 41.7 Å². The number of amides is 1. The number of esters is 1. The van der Waals surface area contributed by atoms with Gasteiger partial charge in [0.15, 0.2) is 5.65 Å². The highest BCUT2D eigenvalue weighted by atomic mass is 16.5. The molecule has 7 rings (SSSR count). The first-order valence-electron chi connectivity index (χ1n) is 15.2. The molecule has 11 nitrogen and oxygen atoms in total. The molecule has 0 radical (unpaired) electrons. The molecule has 1 aromatic carbocycles. The van der Waals surface area contributed by atoms with Crippen molar-refractivity contribution in [3.05, 3.63) is 54.0 Å². The van der Waals surface area contributed by atoms with Crippen molar-refractivity contribution in [3.63, 3.8) is 0 Å². The van der Waals surface area contributed by atoms with Gasteiger partial charge in [-0.05, 0) is 58.0 Å². The standard InChI is InChI=1S/C32H42N6O5/c1-35(2)18-19-42-27-7-5-4-6-24(27)20-38-23-33-25-8-9-26(34-28(25)38)29(39)37-16-14-36(15-17-37)21-32-12-10-31(11-13-32,22-43-32)30(40)41-3/h4-9,23H,10-22H2,1-3H3. The molecule has 4 fully saturated rings. The van der Waals surface area contributed by atoms with E-state index < -0.39 is 5.41 Å². The molecule has 1 amide bonds. The van der Waals surface area contributed by atoms with Crippen LogP contribution in [0.5, 0.6) is 5.75 Å². The zero-order valence-corrected chi connectivity index (χ0v) is 25.5. The van der Waals surface area contributed by atoms with Gasteiger partial charge in [-0.2, -0.15) is 0 Å². The Bertz CT molecular complexity index is 1440. The van der Waals surface area contributed by atoms with Gasteiger partial charge in [0.05, 0.1) is 37.6 Å². The van der Waals surface area contributed by atoms with E-state index in [1.54, 1.807) is 12.4 Å². The van der Waals surface area contributed by atoms with Crippen molar-refractivity contribution >= 4 is 23.0 Å². The van der Waals surface area contributed by atoms with Crippen LogP contribution in [0.15, 0.2) is 42.7 Å². The number of piperazine rings is 1. The molecule has 5 heterocycles. The minimum atomic E-state index is -0.464. The summed E-state index contributed by atoms with van der Waals surface area (Å²) in [6, 6.07) is 11.7. The van der Waals surface area contributed by atoms with Crippen LogP contribution in [0, 0.1) is 5.41 Å². The fourth-order valence-electron chi connectivity index (χ4n) is 6.60. The summed E-state index contributed by atoms with van der Waals surface area (Å²) in [6.45, 7) is 6.08. The number of likely N-dealkylation sites (N-methyl/N-ethyl adjacent to an activating group) is 1. The lowest BCUT2D eigenvalue weighted by atomic mass is 9.66. The number of para-hydroxylation sites is 1. The van der Waals surface area contributed by atoms with E-state index in [1.165, 1.54) is 7.11 Å². The Morgan fingerprint density at radius 2 is 1.79 bits per heavy atom. The molecule has 11 heteroatoms. The predicted octanol–water partition coefficient (Wildman–Crippen LogP) is 2.68. The monoisotopic (exact) mass is 590 g/mol. The van der Waals surface area contributed by atoms with Crippen LogP contribution in [-0.2, 0) is 20.8 Å². The van der Waals surface area contributed by atoms with Gasteiger partial charge in [-0.3, -0.25) is 14.5 Å². The second-order valence-corrected chi connectivity index (χ2v) is 12.5. The SMILES string of the molecule is COC(=O)C12CCC(CN3CCN(C(=O)c4ccc5ncn(Cc6ccccc6OCCN(C)C)c5n4)CC3)(CC1)OC2. The minimum Gasteiger partial charge on any atom is -0.492 e. The third-order valence-corrected chi connectivity index (χ3v) is 9.35. The molecule has 0 spiro atoms. The number of carbonyl (C=O) groups is 2. The van der Waals surface area contributed by atoms with Gasteiger partial charge in [0.25, 0.3) is 5.91 Å². The summed E-state index contributed by atoms with van der Waals surface area (Å²) in [5.74, 6) is 0.636. The average Bonchev–Trinajstić information content (AvgIpc) is 3.44. The summed E-state index contributed by atoms with van der Waals surface area (Å²) >= 11 is 0. The molecule has 230 valence electrons. The summed E-state index contributed by atoms with van der Waals surface area (Å²) in [6.07, 6.45) is 5.14. The highest BCUT2D eigenvalue weighted by molar-refractivity contribution is 5.94. The predicted molar refractivity (Wildman–Crippen MR) is 161 cm³/mol. The normalized spacial score (nSPS) is 24.0. The van der Waals surface area contributed by atoms with Crippen LogP contribution >= 0.6 is 0 Å². The second-order valence-electron chi connectivity index (χ2n) is 12.5. The van der Waals surface area contributed by atoms with Crippen molar-refractivity contribution < 1.29 is 23.8 Å². The molecule has 0 N–H and O–H groups in total. The zero-order chi connectivity index (χ0) is 30.0. The number of pyridine rings is 1. The van der Waals surface area contributed by atoms with Gasteiger partial charge < -0.3 is 28.6 Å². The molecule has 2 aromatic heterocycles. The van der Waals surface area contributed by atoms with Crippen LogP contribution in [-0.4, -0.2) is 120 Å². The Labute approximate surface area is 252 Å². The number of nitrogens with zero attached hydrogens (tertiary/aromatic N) is 6. The third kappa shape index (κ3) is 6.11. The first-order chi connectivity index (χ1) is 20.8. The first-order valence-corrected chi connectivity index (χ1v) is 15.2. The van der Waals surface area contributed by atoms with Crippen molar-refractivity contribution in [2.24, 2.45) is 5.41 Å². The summed E-state index contributed by atoms with van der Waals surface area (Å²) in [4.78, 5) is 41.5. The van der Waals surface area contributed by atoms with E-state index in [-0.39, 0.29) is 17.5 Å². The van der Waals surface area contributed by atoms with Gasteiger partial charge in [-0.25, -0.2) is 9.97 Å². The molecule has 3 aromatic rings. The number of ether oxygens (including phenoxy) is 3. The number of benzene rings is 1. The Balaban J connectivity index is 1.07. The topological polar surface area (TPSA) is 102 Å². The number of hydrogen-bond donors (Lipinski definition) is 0. The molecule has 2 bridgehead atoms. The van der Waals surface area contributed by atoms with Crippen molar-refractivity contribution in [3.8, 4) is 5.75 Å². The fraction of sp³-hybridized carbons (Fsp3) is 0.562. The van der Waals surface area contributed by atoms with E-state index in [1.807, 2.05) is 53.9 Å². The quantitative estimate of drug-likeness (QED) is 0.330. The number of methoxy groups -OCH3 is 1. The van der Waals surface area contributed by atoms with Crippen molar-refractivity contribution in [1.29, 1.82) is 0 Å². The smallest absolute Gasteiger partial charge is 0.314 e. The lowest BCUT2D eigenvalue weighted by molar-refractivity contribution is -0.208. The van der Waals surface area contributed by atoms with E-state index in [0.29, 0.717) is 44.2 Å². The summed E-state index contributed by atoms with van der Waals surface area (Å²) in [7, 11) is 5.51. The van der Waals surface area contributed by atoms with Crippen LogP contribution in [0.25, 0.3) is 11.2 Å². The number of fused-ring (bicyclic) bond motifs is 4. The van der Waals surface area contributed by atoms with Crippen molar-refractivity contribution in [2.75, 3.05) is 73.7 Å². The van der Waals surface area contributed by atoms with Gasteiger partial charge in [0.2, 0.25) is 0 Å². The Morgan fingerprint density at radius 3 is 2.49 bits per heavy atom. The molecule has 4 aliphatic rings. The largest absolute Gasteiger partial charge is 0.492 e. The molecule has 1 saturated carbocycles. The lowest BCUT2D eigenvalue weighted by Crippen LogP contribution is -2.60. The van der Waals surface area contributed by atoms with Gasteiger partial charge in [0.1, 0.15) is 23.6 Å². The third-order valence-electron chi connectivity index (χ3n) is 9.35. The van der Waals surface area contributed by atoms with Crippen LogP contribution < -0.4 is 4.74 Å². The zero-order valence-electron chi connectivity index (χ0n) is 25.5. The Kier molecular flexibility index (Phi) is 8.39.